The van der Waals surface area contributed by atoms with Gasteiger partial charge in [0.1, 0.15) is 5.75 Å². The number of ether oxygens (including phenoxy) is 1. The van der Waals surface area contributed by atoms with Gasteiger partial charge < -0.3 is 10.1 Å². The summed E-state index contributed by atoms with van der Waals surface area (Å²) >= 11 is 0. The Bertz CT molecular complexity index is 499. The van der Waals surface area contributed by atoms with Crippen molar-refractivity contribution in [3.05, 3.63) is 36.5 Å². The lowest BCUT2D eigenvalue weighted by Crippen LogP contribution is -2.16. The van der Waals surface area contributed by atoms with Gasteiger partial charge in [-0.2, -0.15) is 0 Å². The third-order valence-electron chi connectivity index (χ3n) is 3.02. The lowest BCUT2D eigenvalue weighted by Gasteiger charge is -2.07. The first kappa shape index (κ1) is 13.8. The Labute approximate surface area is 115 Å². The minimum atomic E-state index is 0.770. The first-order valence-corrected chi connectivity index (χ1v) is 7.08. The molecule has 2 rings (SSSR count). The molecule has 0 spiro atoms. The maximum Gasteiger partial charge on any atom is 0.121 e. The number of fused-ring (bicyclic) bond motifs is 1. The van der Waals surface area contributed by atoms with E-state index in [0.717, 1.165) is 49.2 Å². The van der Waals surface area contributed by atoms with E-state index in [2.05, 4.69) is 29.4 Å². The monoisotopic (exact) mass is 258 g/mol. The molecule has 0 aliphatic rings. The van der Waals surface area contributed by atoms with Gasteiger partial charge in [0.15, 0.2) is 0 Å². The molecule has 0 atom stereocenters. The van der Waals surface area contributed by atoms with Crippen molar-refractivity contribution in [1.29, 1.82) is 0 Å². The highest BCUT2D eigenvalue weighted by Crippen LogP contribution is 2.18. The number of hydrogen-bond donors (Lipinski definition) is 1. The number of pyridine rings is 1. The van der Waals surface area contributed by atoms with Crippen molar-refractivity contribution in [2.75, 3.05) is 19.7 Å². The molecule has 0 aliphatic heterocycles. The predicted molar refractivity (Wildman–Crippen MR) is 79.6 cm³/mol. The fourth-order valence-electron chi connectivity index (χ4n) is 1.98. The molecule has 1 aromatic carbocycles. The Kier molecular flexibility index (Phi) is 5.63. The maximum absolute atomic E-state index is 5.75. The molecule has 0 saturated heterocycles. The van der Waals surface area contributed by atoms with Crippen LogP contribution in [0.15, 0.2) is 36.5 Å². The molecule has 0 radical (unpaired) electrons. The van der Waals surface area contributed by atoms with Gasteiger partial charge in [-0.05, 0) is 50.6 Å². The van der Waals surface area contributed by atoms with Crippen LogP contribution in [0.4, 0.5) is 0 Å². The van der Waals surface area contributed by atoms with Gasteiger partial charge in [-0.3, -0.25) is 4.98 Å². The lowest BCUT2D eigenvalue weighted by atomic mass is 10.2. The second kappa shape index (κ2) is 7.74. The van der Waals surface area contributed by atoms with Crippen LogP contribution in [-0.4, -0.2) is 24.7 Å². The number of nitrogens with zero attached hydrogens (tertiary/aromatic N) is 1. The fourth-order valence-corrected chi connectivity index (χ4v) is 1.98. The topological polar surface area (TPSA) is 34.1 Å². The lowest BCUT2D eigenvalue weighted by molar-refractivity contribution is 0.306. The molecule has 2 aromatic rings. The van der Waals surface area contributed by atoms with Crippen LogP contribution >= 0.6 is 0 Å². The molecule has 19 heavy (non-hydrogen) atoms. The van der Waals surface area contributed by atoms with Crippen LogP contribution in [-0.2, 0) is 0 Å². The highest BCUT2D eigenvalue weighted by atomic mass is 16.5. The summed E-state index contributed by atoms with van der Waals surface area (Å²) in [6, 6.07) is 10.1. The number of nitrogens with one attached hydrogen (secondary N) is 1. The van der Waals surface area contributed by atoms with Crippen LogP contribution in [0, 0.1) is 0 Å². The summed E-state index contributed by atoms with van der Waals surface area (Å²) in [5, 5.41) is 4.54. The van der Waals surface area contributed by atoms with Crippen LogP contribution in [0.2, 0.25) is 0 Å². The van der Waals surface area contributed by atoms with E-state index < -0.39 is 0 Å². The minimum Gasteiger partial charge on any atom is -0.494 e. The number of hydrogen-bond acceptors (Lipinski definition) is 3. The van der Waals surface area contributed by atoms with Crippen LogP contribution in [0.1, 0.15) is 26.2 Å². The van der Waals surface area contributed by atoms with Crippen molar-refractivity contribution in [2.45, 2.75) is 26.2 Å². The van der Waals surface area contributed by atoms with E-state index in [9.17, 15) is 0 Å². The molecular weight excluding hydrogens is 236 g/mol. The molecule has 102 valence electrons. The summed E-state index contributed by atoms with van der Waals surface area (Å²) < 4.78 is 5.75. The van der Waals surface area contributed by atoms with E-state index in [1.165, 1.54) is 6.42 Å². The minimum absolute atomic E-state index is 0.770. The van der Waals surface area contributed by atoms with Gasteiger partial charge in [0.25, 0.3) is 0 Å². The second-order valence-corrected chi connectivity index (χ2v) is 4.66. The van der Waals surface area contributed by atoms with Crippen molar-refractivity contribution < 1.29 is 4.74 Å². The van der Waals surface area contributed by atoms with Gasteiger partial charge in [0.05, 0.1) is 12.1 Å². The summed E-state index contributed by atoms with van der Waals surface area (Å²) in [6.07, 6.45) is 5.24. The highest BCUT2D eigenvalue weighted by molar-refractivity contribution is 5.79. The standard InChI is InChI=1S/C16H22N2O/c1-2-9-17-10-3-4-12-19-15-8-7-14-6-5-11-18-16(14)13-15/h5-8,11,13,17H,2-4,9-10,12H2,1H3. The van der Waals surface area contributed by atoms with Crippen LogP contribution < -0.4 is 10.1 Å². The molecule has 3 heteroatoms. The summed E-state index contributed by atoms with van der Waals surface area (Å²) in [4.78, 5) is 4.33. The molecule has 0 saturated carbocycles. The Balaban J connectivity index is 1.72. The van der Waals surface area contributed by atoms with Gasteiger partial charge in [0, 0.05) is 17.6 Å². The zero-order chi connectivity index (χ0) is 13.3. The number of rotatable bonds is 8. The van der Waals surface area contributed by atoms with Crippen LogP contribution in [0.25, 0.3) is 10.9 Å². The Hall–Kier alpha value is -1.61. The van der Waals surface area contributed by atoms with Crippen LogP contribution in [0.5, 0.6) is 5.75 Å². The largest absolute Gasteiger partial charge is 0.494 e. The van der Waals surface area contributed by atoms with E-state index in [1.54, 1.807) is 0 Å². The summed E-state index contributed by atoms with van der Waals surface area (Å²) in [6.45, 7) is 5.14. The smallest absolute Gasteiger partial charge is 0.121 e. The van der Waals surface area contributed by atoms with E-state index in [0.29, 0.717) is 0 Å². The molecule has 1 heterocycles. The average Bonchev–Trinajstić information content (AvgIpc) is 2.46. The van der Waals surface area contributed by atoms with Gasteiger partial charge in [-0.1, -0.05) is 13.0 Å². The first-order valence-electron chi connectivity index (χ1n) is 7.08. The van der Waals surface area contributed by atoms with Crippen LogP contribution in [0.3, 0.4) is 0 Å². The molecule has 0 amide bonds. The summed E-state index contributed by atoms with van der Waals surface area (Å²) in [5.41, 5.74) is 0.990. The van der Waals surface area contributed by atoms with E-state index in [1.807, 2.05) is 24.4 Å². The number of benzene rings is 1. The molecule has 3 nitrogen and oxygen atoms in total. The summed E-state index contributed by atoms with van der Waals surface area (Å²) in [7, 11) is 0. The van der Waals surface area contributed by atoms with Gasteiger partial charge in [0.2, 0.25) is 0 Å². The third kappa shape index (κ3) is 4.52. The van der Waals surface area contributed by atoms with E-state index >= 15 is 0 Å². The van der Waals surface area contributed by atoms with Gasteiger partial charge >= 0.3 is 0 Å². The Morgan fingerprint density at radius 3 is 3.00 bits per heavy atom. The van der Waals surface area contributed by atoms with Crippen molar-refractivity contribution in [1.82, 2.24) is 10.3 Å². The zero-order valence-corrected chi connectivity index (χ0v) is 11.6. The number of aromatic nitrogens is 1. The highest BCUT2D eigenvalue weighted by Gasteiger charge is 1.98. The quantitative estimate of drug-likeness (QED) is 0.737. The van der Waals surface area contributed by atoms with E-state index in [4.69, 9.17) is 4.74 Å². The molecule has 0 unspecified atom stereocenters. The van der Waals surface area contributed by atoms with Crippen molar-refractivity contribution in [2.24, 2.45) is 0 Å². The first-order chi connectivity index (χ1) is 9.40. The molecule has 1 aromatic heterocycles. The van der Waals surface area contributed by atoms with Crippen molar-refractivity contribution in [3.63, 3.8) is 0 Å². The molecule has 0 fully saturated rings. The third-order valence-corrected chi connectivity index (χ3v) is 3.02. The Morgan fingerprint density at radius 1 is 1.16 bits per heavy atom. The normalized spacial score (nSPS) is 10.8. The SMILES string of the molecule is CCCNCCCCOc1ccc2cccnc2c1. The average molecular weight is 258 g/mol. The predicted octanol–water partition coefficient (Wildman–Crippen LogP) is 3.39. The maximum atomic E-state index is 5.75. The van der Waals surface area contributed by atoms with Crippen molar-refractivity contribution >= 4 is 10.9 Å². The molecule has 0 aliphatic carbocycles. The molecular formula is C16H22N2O. The van der Waals surface area contributed by atoms with Gasteiger partial charge in [-0.25, -0.2) is 0 Å². The number of unbranched alkanes of at least 4 members (excludes halogenated alkanes) is 1. The fraction of sp³-hybridized carbons (Fsp3) is 0.438. The molecule has 1 N–H and O–H groups in total. The molecule has 0 bridgehead atoms. The second-order valence-electron chi connectivity index (χ2n) is 4.66. The van der Waals surface area contributed by atoms with Crippen molar-refractivity contribution in [3.8, 4) is 5.75 Å². The Morgan fingerprint density at radius 2 is 2.11 bits per heavy atom. The van der Waals surface area contributed by atoms with Gasteiger partial charge in [-0.15, -0.1) is 0 Å². The zero-order valence-electron chi connectivity index (χ0n) is 11.6. The summed E-state index contributed by atoms with van der Waals surface area (Å²) in [5.74, 6) is 0.910. The van der Waals surface area contributed by atoms with E-state index in [-0.39, 0.29) is 0 Å².